The van der Waals surface area contributed by atoms with Crippen LogP contribution in [0.4, 0.5) is 0 Å². The van der Waals surface area contributed by atoms with E-state index in [9.17, 15) is 0 Å². The van der Waals surface area contributed by atoms with E-state index >= 15 is 50.5 Å². The van der Waals surface area contributed by atoms with Gasteiger partial charge in [-0.15, -0.1) is 0 Å². The number of sulfone groups is 4. The molecule has 20 nitrogen and oxygen atoms in total. The minimum absolute atomic E-state index is 0.103. The van der Waals surface area contributed by atoms with Gasteiger partial charge in [0.1, 0.15) is 0 Å². The van der Waals surface area contributed by atoms with E-state index < -0.39 is 125 Å². The average Bonchev–Trinajstić information content (AvgIpc) is 0.696. The number of aryl methyl sites for hydroxylation is 6. The Bertz CT molecular complexity index is 3980. The second-order valence-electron chi connectivity index (χ2n) is 23.5. The van der Waals surface area contributed by atoms with Crippen molar-refractivity contribution in [3.8, 4) is 0 Å². The summed E-state index contributed by atoms with van der Waals surface area (Å²) in [6, 6.07) is 35.9. The third-order valence-corrected chi connectivity index (χ3v) is 32.5. The third-order valence-electron chi connectivity index (χ3n) is 16.9. The molecule has 7 aromatic carbocycles. The van der Waals surface area contributed by atoms with E-state index in [1.807, 2.05) is 0 Å². The van der Waals surface area contributed by atoms with E-state index in [1.165, 1.54) is 146 Å². The highest BCUT2D eigenvalue weighted by Crippen LogP contribution is 2.48. The predicted octanol–water partition coefficient (Wildman–Crippen LogP) is 5.51. The zero-order valence-electron chi connectivity index (χ0n) is 52.5. The van der Waals surface area contributed by atoms with Crippen LogP contribution < -0.4 is 31.9 Å². The summed E-state index contributed by atoms with van der Waals surface area (Å²) in [6.07, 6.45) is -1.12. The summed E-state index contributed by atoms with van der Waals surface area (Å²) in [7, 11) is -32.5. The van der Waals surface area contributed by atoms with Crippen LogP contribution in [0.1, 0.15) is 44.5 Å². The first-order valence-corrected chi connectivity index (χ1v) is 39.3. The van der Waals surface area contributed by atoms with Crippen LogP contribution in [0.15, 0.2) is 199 Å². The molecule has 2 unspecified atom stereocenters. The molecule has 0 saturated carbocycles. The SMILES string of the molecule is Cc1ccc(S(=O)(=O)N2CCNCCNCCNC(Cc3cccc(CC4NCCNCCNCCN(S(=O)(=O)c5ccc(C)cc5)C4(S(=O)(=O)c4ccc(C)cc4)S(=O)(=O)c4ccc(C)cc4)c3)C2(S(=O)(=O)c2ccc(C)cc2)S(=O)(=O)c2ccc(C)cc2)cc1. The lowest BCUT2D eigenvalue weighted by molar-refractivity contribution is 0.265. The minimum Gasteiger partial charge on any atom is -0.314 e. The molecular formula is C66H82N8O12S6. The standard InChI is InChI=1S/C66H82N8O12S6/c1-49-10-22-57(23-11-49)87(75,76)65(88(77,78)58-24-12-50(2)13-25-58)63(71-40-38-67-34-36-69-42-44-73(65)91(83,84)61-30-18-53(5)19-31-61)47-55-8-7-9-56(46-55)48-64-66(89(79,80)59-26-14-51(3)15-27-59,90(81,82)60-28-16-52(4)17-29-60)74(45-43-70-37-35-68-39-41-72-64)92(85,86)62-32-20-54(6)21-33-62/h7-33,46,63-64,67-72H,34-45,47-48H2,1-6H3. The fraction of sp³-hybridized carbons (Fsp3) is 0.364. The lowest BCUT2D eigenvalue weighted by Gasteiger charge is -2.47. The van der Waals surface area contributed by atoms with Crippen molar-refractivity contribution in [2.75, 3.05) is 78.5 Å². The zero-order valence-corrected chi connectivity index (χ0v) is 57.4. The zero-order chi connectivity index (χ0) is 66.3. The van der Waals surface area contributed by atoms with E-state index in [-0.39, 0.29) is 60.2 Å². The minimum atomic E-state index is -5.54. The number of rotatable bonds is 16. The van der Waals surface area contributed by atoms with Gasteiger partial charge in [-0.05, 0) is 138 Å². The third kappa shape index (κ3) is 13.9. The molecule has 92 heavy (non-hydrogen) atoms. The Labute approximate surface area is 543 Å². The fourth-order valence-electron chi connectivity index (χ4n) is 11.9. The molecule has 6 N–H and O–H groups in total. The molecule has 0 radical (unpaired) electrons. The van der Waals surface area contributed by atoms with Gasteiger partial charge in [-0.2, -0.15) is 8.61 Å². The van der Waals surface area contributed by atoms with Gasteiger partial charge in [-0.25, -0.2) is 50.5 Å². The lowest BCUT2D eigenvalue weighted by atomic mass is 9.98. The maximum absolute atomic E-state index is 16.8. The first-order chi connectivity index (χ1) is 43.6. The molecular weight excluding hydrogens is 1290 g/mol. The summed E-state index contributed by atoms with van der Waals surface area (Å²) in [5.74, 6) is 0. The average molecular weight is 1370 g/mol. The fourth-order valence-corrected chi connectivity index (χ4v) is 27.7. The largest absolute Gasteiger partial charge is 0.314 e. The lowest BCUT2D eigenvalue weighted by Crippen LogP contribution is -2.72. The molecule has 2 fully saturated rings. The van der Waals surface area contributed by atoms with Crippen LogP contribution in [0.5, 0.6) is 0 Å². The molecule has 2 aliphatic rings. The van der Waals surface area contributed by atoms with Crippen LogP contribution in [0.25, 0.3) is 0 Å². The molecule has 0 aromatic heterocycles. The van der Waals surface area contributed by atoms with Crippen LogP contribution in [0, 0.1) is 41.5 Å². The topological polar surface area (TPSA) is 283 Å². The van der Waals surface area contributed by atoms with Crippen LogP contribution in [0.3, 0.4) is 0 Å². The number of benzene rings is 7. The van der Waals surface area contributed by atoms with E-state index in [4.69, 9.17) is 0 Å². The summed E-state index contributed by atoms with van der Waals surface area (Å²) in [4.78, 5) is -2.73. The summed E-state index contributed by atoms with van der Waals surface area (Å²) in [5.41, 5.74) is 4.27. The Morgan fingerprint density at radius 1 is 0.315 bits per heavy atom. The molecule has 0 spiro atoms. The van der Waals surface area contributed by atoms with Crippen LogP contribution >= 0.6 is 0 Å². The molecule has 2 aliphatic heterocycles. The monoisotopic (exact) mass is 1370 g/mol. The summed E-state index contributed by atoms with van der Waals surface area (Å²) < 4.78 is 193. The number of sulfonamides is 2. The van der Waals surface area contributed by atoms with Gasteiger partial charge in [0.15, 0.2) is 0 Å². The normalized spacial score (nSPS) is 19.3. The molecule has 9 rings (SSSR count). The Balaban J connectivity index is 1.35. The summed E-state index contributed by atoms with van der Waals surface area (Å²) in [5, 5.41) is 19.5. The van der Waals surface area contributed by atoms with Crippen molar-refractivity contribution < 1.29 is 50.5 Å². The molecule has 2 heterocycles. The first kappa shape index (κ1) is 70.2. The molecule has 7 aromatic rings. The van der Waals surface area contributed by atoms with Gasteiger partial charge in [-0.1, -0.05) is 130 Å². The van der Waals surface area contributed by atoms with Crippen molar-refractivity contribution in [1.29, 1.82) is 0 Å². The maximum atomic E-state index is 16.8. The molecule has 26 heteroatoms. The molecule has 0 aliphatic carbocycles. The Hall–Kier alpha value is -6.08. The van der Waals surface area contributed by atoms with Crippen molar-refractivity contribution in [1.82, 2.24) is 40.5 Å². The number of nitrogens with one attached hydrogen (secondary N) is 6. The molecule has 2 atom stereocenters. The molecule has 0 amide bonds. The van der Waals surface area contributed by atoms with Gasteiger partial charge in [0, 0.05) is 78.5 Å². The van der Waals surface area contributed by atoms with E-state index in [0.717, 1.165) is 0 Å². The van der Waals surface area contributed by atoms with Gasteiger partial charge < -0.3 is 31.9 Å². The highest BCUT2D eigenvalue weighted by Gasteiger charge is 2.70. The Kier molecular flexibility index (Phi) is 22.0. The summed E-state index contributed by atoms with van der Waals surface area (Å²) in [6.45, 7) is 10.1. The predicted molar refractivity (Wildman–Crippen MR) is 358 cm³/mol. The second-order valence-corrected chi connectivity index (χ2v) is 36.2. The number of nitrogens with zero attached hydrogens (tertiary/aromatic N) is 2. The Morgan fingerprint density at radius 2 is 0.543 bits per heavy atom. The molecule has 494 valence electrons. The Morgan fingerprint density at radius 3 is 0.804 bits per heavy atom. The number of hydrogen-bond acceptors (Lipinski definition) is 18. The van der Waals surface area contributed by atoms with Crippen molar-refractivity contribution >= 4 is 59.4 Å². The molecule has 2 saturated heterocycles. The van der Waals surface area contributed by atoms with Gasteiger partial charge >= 0.3 is 0 Å². The van der Waals surface area contributed by atoms with E-state index in [2.05, 4.69) is 31.9 Å². The second kappa shape index (κ2) is 28.9. The smallest absolute Gasteiger partial charge is 0.263 e. The maximum Gasteiger partial charge on any atom is 0.263 e. The van der Waals surface area contributed by atoms with Crippen molar-refractivity contribution in [2.45, 2.75) is 104 Å². The van der Waals surface area contributed by atoms with Crippen molar-refractivity contribution in [3.05, 3.63) is 214 Å². The van der Waals surface area contributed by atoms with E-state index in [1.54, 1.807) is 65.8 Å². The highest BCUT2D eigenvalue weighted by molar-refractivity contribution is 8.12. The molecule has 0 bridgehead atoms. The van der Waals surface area contributed by atoms with Gasteiger partial charge in [0.05, 0.1) is 41.5 Å². The first-order valence-electron chi connectivity index (χ1n) is 30.4. The van der Waals surface area contributed by atoms with Gasteiger partial charge in [0.25, 0.3) is 8.41 Å². The highest BCUT2D eigenvalue weighted by atomic mass is 32.3. The summed E-state index contributed by atoms with van der Waals surface area (Å²) >= 11 is 0. The van der Waals surface area contributed by atoms with Crippen LogP contribution in [-0.4, -0.2) is 158 Å². The van der Waals surface area contributed by atoms with Crippen molar-refractivity contribution in [3.63, 3.8) is 0 Å². The van der Waals surface area contributed by atoms with Gasteiger partial charge in [0.2, 0.25) is 59.4 Å². The van der Waals surface area contributed by atoms with Crippen molar-refractivity contribution in [2.24, 2.45) is 0 Å². The van der Waals surface area contributed by atoms with Crippen LogP contribution in [0.2, 0.25) is 0 Å². The quantitative estimate of drug-likeness (QED) is 0.0696. The van der Waals surface area contributed by atoms with E-state index in [0.29, 0.717) is 68.2 Å². The van der Waals surface area contributed by atoms with Crippen LogP contribution in [-0.2, 0) is 72.2 Å². The number of hydrogen-bond donors (Lipinski definition) is 6. The van der Waals surface area contributed by atoms with Gasteiger partial charge in [-0.3, -0.25) is 0 Å².